The van der Waals surface area contributed by atoms with Crippen LogP contribution < -0.4 is 5.32 Å². The number of nitrogens with zero attached hydrogens (tertiary/aromatic N) is 2. The van der Waals surface area contributed by atoms with Gasteiger partial charge in [-0.15, -0.1) is 0 Å². The van der Waals surface area contributed by atoms with Crippen LogP contribution in [0.4, 0.5) is 0 Å². The maximum Gasteiger partial charge on any atom is 0.332 e. The molecule has 28 heavy (non-hydrogen) atoms. The number of carbonyl (C=O) groups excluding carboxylic acids is 3. The van der Waals surface area contributed by atoms with E-state index in [4.69, 9.17) is 4.74 Å². The highest BCUT2D eigenvalue weighted by atomic mass is 32.2. The highest BCUT2D eigenvalue weighted by Gasteiger charge is 2.56. The Bertz CT molecular complexity index is 711. The lowest BCUT2D eigenvalue weighted by atomic mass is 10.0. The van der Waals surface area contributed by atoms with Crippen LogP contribution in [0.15, 0.2) is 30.3 Å². The molecule has 0 aliphatic carbocycles. The molecule has 1 aromatic rings. The average molecular weight is 406 g/mol. The van der Waals surface area contributed by atoms with Gasteiger partial charge in [0.1, 0.15) is 6.61 Å². The maximum absolute atomic E-state index is 12.4. The topological polar surface area (TPSA) is 79.0 Å². The minimum atomic E-state index is -0.853. The number of hydrogen-bond acceptors (Lipinski definition) is 7. The molecule has 0 saturated carbocycles. The molecule has 2 heterocycles. The van der Waals surface area contributed by atoms with E-state index in [2.05, 4.69) is 24.1 Å². The first-order valence-corrected chi connectivity index (χ1v) is 10.6. The third-order valence-corrected chi connectivity index (χ3v) is 6.49. The first kappa shape index (κ1) is 20.8. The third-order valence-electron chi connectivity index (χ3n) is 5.19. The van der Waals surface area contributed by atoms with Crippen LogP contribution in [0.3, 0.4) is 0 Å². The van der Waals surface area contributed by atoms with Gasteiger partial charge in [-0.25, -0.2) is 4.79 Å². The number of nitrogens with one attached hydrogen (secondary N) is 1. The van der Waals surface area contributed by atoms with Crippen molar-refractivity contribution in [1.82, 2.24) is 15.1 Å². The van der Waals surface area contributed by atoms with E-state index in [-0.39, 0.29) is 29.0 Å². The molecule has 8 heteroatoms. The lowest BCUT2D eigenvalue weighted by Crippen LogP contribution is -2.66. The summed E-state index contributed by atoms with van der Waals surface area (Å²) < 4.78 is 5.33. The molecule has 3 atom stereocenters. The zero-order valence-electron chi connectivity index (χ0n) is 16.3. The number of esters is 1. The molecule has 0 radical (unpaired) electrons. The summed E-state index contributed by atoms with van der Waals surface area (Å²) in [6.07, 6.45) is 0.305. The number of ether oxygens (including phenoxy) is 1. The van der Waals surface area contributed by atoms with Crippen LogP contribution in [0.1, 0.15) is 19.4 Å². The predicted octanol–water partition coefficient (Wildman–Crippen LogP) is 0.883. The van der Waals surface area contributed by atoms with Gasteiger partial charge in [-0.05, 0) is 18.7 Å². The van der Waals surface area contributed by atoms with Crippen molar-refractivity contribution in [1.29, 1.82) is 0 Å². The van der Waals surface area contributed by atoms with Gasteiger partial charge in [0.15, 0.2) is 6.04 Å². The molecule has 1 amide bonds. The minimum absolute atomic E-state index is 0.0749. The summed E-state index contributed by atoms with van der Waals surface area (Å²) in [6, 6.07) is 8.54. The summed E-state index contributed by atoms with van der Waals surface area (Å²) in [5.41, 5.74) is 0.945. The van der Waals surface area contributed by atoms with Crippen molar-refractivity contribution in [3.63, 3.8) is 0 Å². The molecule has 1 aromatic carbocycles. The van der Waals surface area contributed by atoms with E-state index >= 15 is 0 Å². The Morgan fingerprint density at radius 3 is 2.64 bits per heavy atom. The fourth-order valence-corrected chi connectivity index (χ4v) is 4.78. The zero-order chi connectivity index (χ0) is 20.1. The molecule has 2 fully saturated rings. The molecule has 2 saturated heterocycles. The summed E-state index contributed by atoms with van der Waals surface area (Å²) >= 11 is 1.12. The van der Waals surface area contributed by atoms with Gasteiger partial charge in [0.05, 0.1) is 17.8 Å². The molecular weight excluding hydrogens is 378 g/mol. The molecule has 0 spiro atoms. The van der Waals surface area contributed by atoms with E-state index in [9.17, 15) is 14.4 Å². The van der Waals surface area contributed by atoms with Crippen LogP contribution in [0.2, 0.25) is 0 Å². The van der Waals surface area contributed by atoms with E-state index in [1.54, 1.807) is 0 Å². The monoisotopic (exact) mass is 405 g/mol. The van der Waals surface area contributed by atoms with Gasteiger partial charge >= 0.3 is 5.97 Å². The number of benzene rings is 1. The molecule has 0 aromatic heterocycles. The quantitative estimate of drug-likeness (QED) is 0.483. The first-order valence-electron chi connectivity index (χ1n) is 9.72. The molecular formula is C20H27N3O4S. The highest BCUT2D eigenvalue weighted by Crippen LogP contribution is 2.40. The highest BCUT2D eigenvalue weighted by molar-refractivity contribution is 8.14. The molecule has 7 nitrogen and oxygen atoms in total. The molecule has 152 valence electrons. The average Bonchev–Trinajstić information content (AvgIpc) is 2.95. The van der Waals surface area contributed by atoms with E-state index < -0.39 is 12.0 Å². The van der Waals surface area contributed by atoms with Crippen molar-refractivity contribution >= 4 is 28.8 Å². The van der Waals surface area contributed by atoms with Crippen molar-refractivity contribution in [3.8, 4) is 0 Å². The van der Waals surface area contributed by atoms with Gasteiger partial charge in [0.25, 0.3) is 0 Å². The van der Waals surface area contributed by atoms with Crippen molar-refractivity contribution in [2.24, 2.45) is 0 Å². The fourth-order valence-electron chi connectivity index (χ4n) is 3.52. The molecule has 3 unspecified atom stereocenters. The smallest absolute Gasteiger partial charge is 0.332 e. The fraction of sp³-hybridized carbons (Fsp3) is 0.550. The summed E-state index contributed by atoms with van der Waals surface area (Å²) in [6.45, 7) is 7.33. The van der Waals surface area contributed by atoms with E-state index in [1.807, 2.05) is 35.2 Å². The summed E-state index contributed by atoms with van der Waals surface area (Å²) in [5, 5.41) is 2.59. The van der Waals surface area contributed by atoms with Crippen LogP contribution in [0.5, 0.6) is 0 Å². The maximum atomic E-state index is 12.4. The van der Waals surface area contributed by atoms with Crippen molar-refractivity contribution in [2.45, 2.75) is 37.7 Å². The number of carbonyl (C=O) groups is 3. The molecule has 0 bridgehead atoms. The Kier molecular flexibility index (Phi) is 7.09. The third kappa shape index (κ3) is 4.74. The second kappa shape index (κ2) is 9.54. The number of hydrogen-bond donors (Lipinski definition) is 1. The summed E-state index contributed by atoms with van der Waals surface area (Å²) in [7, 11) is 0. The van der Waals surface area contributed by atoms with Crippen LogP contribution in [0.25, 0.3) is 0 Å². The number of fused-ring (bicyclic) bond motifs is 1. The SMILES string of the molecule is CCN(CC)CCOC(=O)C1C(=O)SC2C(NC(=O)Cc3ccccc3)CN12. The summed E-state index contributed by atoms with van der Waals surface area (Å²) in [5.74, 6) is -0.560. The van der Waals surface area contributed by atoms with Gasteiger partial charge in [0.2, 0.25) is 11.0 Å². The molecule has 2 aliphatic rings. The standard InChI is InChI=1S/C20H27N3O4S/c1-3-22(4-2)10-11-27-19(25)17-20(26)28-18-15(13-23(17)18)21-16(24)12-14-8-6-5-7-9-14/h5-9,15,17-18H,3-4,10-13H2,1-2H3,(H,21,24). The van der Waals surface area contributed by atoms with Gasteiger partial charge < -0.3 is 15.0 Å². The Morgan fingerprint density at radius 1 is 1.25 bits per heavy atom. The van der Waals surface area contributed by atoms with Gasteiger partial charge in [-0.2, -0.15) is 0 Å². The Balaban J connectivity index is 1.46. The predicted molar refractivity (Wildman–Crippen MR) is 108 cm³/mol. The lowest BCUT2D eigenvalue weighted by molar-refractivity contribution is -0.154. The first-order chi connectivity index (χ1) is 13.5. The molecule has 3 rings (SSSR count). The number of thioether (sulfide) groups is 1. The Labute approximate surface area is 169 Å². The van der Waals surface area contributed by atoms with Gasteiger partial charge in [-0.3, -0.25) is 14.5 Å². The minimum Gasteiger partial charge on any atom is -0.463 e. The normalized spacial score (nSPS) is 24.0. The second-order valence-corrected chi connectivity index (χ2v) is 8.08. The van der Waals surface area contributed by atoms with Gasteiger partial charge in [-0.1, -0.05) is 55.9 Å². The number of amides is 1. The number of rotatable bonds is 9. The van der Waals surface area contributed by atoms with Crippen molar-refractivity contribution in [2.75, 3.05) is 32.8 Å². The lowest BCUT2D eigenvalue weighted by Gasteiger charge is -2.43. The second-order valence-electron chi connectivity index (χ2n) is 6.96. The Morgan fingerprint density at radius 2 is 1.96 bits per heavy atom. The van der Waals surface area contributed by atoms with Crippen LogP contribution in [0, 0.1) is 0 Å². The van der Waals surface area contributed by atoms with Crippen molar-refractivity contribution in [3.05, 3.63) is 35.9 Å². The molecule has 1 N–H and O–H groups in total. The van der Waals surface area contributed by atoms with E-state index in [0.717, 1.165) is 30.4 Å². The number of likely N-dealkylation sites (N-methyl/N-ethyl adjacent to an activating group) is 1. The van der Waals surface area contributed by atoms with E-state index in [1.165, 1.54) is 0 Å². The summed E-state index contributed by atoms with van der Waals surface area (Å²) in [4.78, 5) is 40.9. The van der Waals surface area contributed by atoms with E-state index in [0.29, 0.717) is 19.5 Å². The van der Waals surface area contributed by atoms with Crippen LogP contribution >= 0.6 is 11.8 Å². The van der Waals surface area contributed by atoms with Gasteiger partial charge in [0, 0.05) is 13.1 Å². The van der Waals surface area contributed by atoms with Crippen molar-refractivity contribution < 1.29 is 19.1 Å². The van der Waals surface area contributed by atoms with Crippen LogP contribution in [-0.2, 0) is 25.5 Å². The largest absolute Gasteiger partial charge is 0.463 e. The van der Waals surface area contributed by atoms with Crippen LogP contribution in [-0.4, -0.2) is 77.0 Å². The Hall–Kier alpha value is -1.90. The zero-order valence-corrected chi connectivity index (χ0v) is 17.1. The molecule has 2 aliphatic heterocycles.